The van der Waals surface area contributed by atoms with Gasteiger partial charge in [-0.05, 0) is 18.9 Å². The average Bonchev–Trinajstić information content (AvgIpc) is 2.11. The van der Waals surface area contributed by atoms with Crippen LogP contribution in [-0.2, 0) is 9.59 Å². The molecule has 0 saturated carbocycles. The molecular weight excluding hydrogens is 198 g/mol. The molecule has 76 valence electrons. The summed E-state index contributed by atoms with van der Waals surface area (Å²) >= 11 is 5.07. The van der Waals surface area contributed by atoms with Gasteiger partial charge in [-0.1, -0.05) is 18.8 Å². The molecule has 1 saturated heterocycles. The summed E-state index contributed by atoms with van der Waals surface area (Å²) < 4.78 is 0. The minimum absolute atomic E-state index is 0.00338. The molecule has 1 amide bonds. The van der Waals surface area contributed by atoms with Crippen LogP contribution < -0.4 is 0 Å². The van der Waals surface area contributed by atoms with Crippen LogP contribution in [0.4, 0.5) is 0 Å². The first-order valence-electron chi connectivity index (χ1n) is 4.54. The van der Waals surface area contributed by atoms with Crippen molar-refractivity contribution in [2.24, 2.45) is 0 Å². The Balaban J connectivity index is 2.63. The number of amides is 1. The molecule has 0 spiro atoms. The van der Waals surface area contributed by atoms with Crippen molar-refractivity contribution >= 4 is 28.9 Å². The Morgan fingerprint density at radius 3 is 2.79 bits per heavy atom. The second-order valence-corrected chi connectivity index (χ2v) is 3.79. The molecule has 1 aliphatic heterocycles. The molecule has 4 heteroatoms. The highest BCUT2D eigenvalue weighted by Crippen LogP contribution is 2.18. The summed E-state index contributed by atoms with van der Waals surface area (Å²) in [6.45, 7) is 5.69. The van der Waals surface area contributed by atoms with Crippen LogP contribution in [0.25, 0.3) is 0 Å². The summed E-state index contributed by atoms with van der Waals surface area (Å²) in [5, 5.41) is 0. The molecule has 0 bridgehead atoms. The number of hydrogen-bond donors (Lipinski definition) is 0. The van der Waals surface area contributed by atoms with E-state index in [9.17, 15) is 9.59 Å². The molecule has 1 heterocycles. The fraction of sp³-hybridized carbons (Fsp3) is 0.500. The smallest absolute Gasteiger partial charge is 0.227 e. The summed E-state index contributed by atoms with van der Waals surface area (Å²) in [4.78, 5) is 24.2. The monoisotopic (exact) mass is 211 g/mol. The van der Waals surface area contributed by atoms with E-state index in [1.54, 1.807) is 0 Å². The lowest BCUT2D eigenvalue weighted by Gasteiger charge is -2.28. The number of piperidine rings is 1. The molecule has 14 heavy (non-hydrogen) atoms. The molecule has 0 atom stereocenters. The van der Waals surface area contributed by atoms with Gasteiger partial charge in [0.25, 0.3) is 0 Å². The van der Waals surface area contributed by atoms with E-state index < -0.39 is 0 Å². The fourth-order valence-electron chi connectivity index (χ4n) is 1.30. The van der Waals surface area contributed by atoms with Gasteiger partial charge in [-0.25, -0.2) is 0 Å². The number of likely N-dealkylation sites (tertiary alicyclic amines) is 1. The zero-order chi connectivity index (χ0) is 10.7. The van der Waals surface area contributed by atoms with Crippen molar-refractivity contribution in [1.29, 1.82) is 0 Å². The van der Waals surface area contributed by atoms with Crippen molar-refractivity contribution in [3.8, 4) is 0 Å². The van der Waals surface area contributed by atoms with Gasteiger partial charge in [0.2, 0.25) is 5.91 Å². The molecule has 0 aromatic carbocycles. The quantitative estimate of drug-likeness (QED) is 0.524. The van der Waals surface area contributed by atoms with Crippen molar-refractivity contribution in [3.63, 3.8) is 0 Å². The minimum atomic E-state index is 0.00338. The van der Waals surface area contributed by atoms with E-state index in [1.807, 2.05) is 0 Å². The standard InChI is InChI=1S/C10H13NO2S/c1-7-3-4-9(13)11(10(7)14)6-5-8(2)12/h1,3-6H2,2H3. The van der Waals surface area contributed by atoms with Gasteiger partial charge in [0.15, 0.2) is 0 Å². The molecule has 1 fully saturated rings. The molecule has 0 N–H and O–H groups in total. The molecule has 1 aliphatic rings. The Kier molecular flexibility index (Phi) is 3.52. The van der Waals surface area contributed by atoms with Gasteiger partial charge >= 0.3 is 0 Å². The van der Waals surface area contributed by atoms with Gasteiger partial charge < -0.3 is 4.90 Å². The number of ketones is 1. The Labute approximate surface area is 88.8 Å². The molecule has 1 rings (SSSR count). The number of Topliss-reactive ketones (excluding diaryl/α,β-unsaturated/α-hetero) is 1. The molecule has 3 nitrogen and oxygen atoms in total. The van der Waals surface area contributed by atoms with E-state index in [4.69, 9.17) is 12.2 Å². The Bertz CT molecular complexity index is 309. The minimum Gasteiger partial charge on any atom is -0.302 e. The number of nitrogens with zero attached hydrogens (tertiary/aromatic N) is 1. The van der Waals surface area contributed by atoms with Gasteiger partial charge in [-0.15, -0.1) is 0 Å². The Hall–Kier alpha value is -1.03. The molecule has 0 aliphatic carbocycles. The van der Waals surface area contributed by atoms with Gasteiger partial charge in [0.05, 0.1) is 0 Å². The Morgan fingerprint density at radius 2 is 2.21 bits per heavy atom. The van der Waals surface area contributed by atoms with Crippen molar-refractivity contribution in [2.75, 3.05) is 6.54 Å². The van der Waals surface area contributed by atoms with Gasteiger partial charge in [0.1, 0.15) is 10.8 Å². The summed E-state index contributed by atoms with van der Waals surface area (Å²) in [6, 6.07) is 0. The highest BCUT2D eigenvalue weighted by Gasteiger charge is 2.25. The number of hydrogen-bond acceptors (Lipinski definition) is 3. The second-order valence-electron chi connectivity index (χ2n) is 3.41. The zero-order valence-electron chi connectivity index (χ0n) is 8.21. The van der Waals surface area contributed by atoms with Crippen LogP contribution in [0.1, 0.15) is 26.2 Å². The molecule has 0 radical (unpaired) electrons. The third kappa shape index (κ3) is 2.48. The van der Waals surface area contributed by atoms with Crippen LogP contribution in [0.5, 0.6) is 0 Å². The lowest BCUT2D eigenvalue weighted by molar-refractivity contribution is -0.128. The van der Waals surface area contributed by atoms with Crippen LogP contribution in [0.3, 0.4) is 0 Å². The summed E-state index contributed by atoms with van der Waals surface area (Å²) in [5.41, 5.74) is 0.822. The Morgan fingerprint density at radius 1 is 1.57 bits per heavy atom. The van der Waals surface area contributed by atoms with Crippen molar-refractivity contribution in [2.45, 2.75) is 26.2 Å². The van der Waals surface area contributed by atoms with E-state index in [0.717, 1.165) is 5.57 Å². The second kappa shape index (κ2) is 4.46. The van der Waals surface area contributed by atoms with Crippen LogP contribution >= 0.6 is 12.2 Å². The first-order valence-corrected chi connectivity index (χ1v) is 4.95. The van der Waals surface area contributed by atoms with E-state index in [1.165, 1.54) is 11.8 Å². The van der Waals surface area contributed by atoms with Gasteiger partial charge in [-0.2, -0.15) is 0 Å². The van der Waals surface area contributed by atoms with Crippen LogP contribution in [0, 0.1) is 0 Å². The molecule has 0 aromatic rings. The summed E-state index contributed by atoms with van der Waals surface area (Å²) in [5.74, 6) is 0.0698. The predicted octanol–water partition coefficient (Wildman–Crippen LogP) is 1.47. The maximum Gasteiger partial charge on any atom is 0.227 e. The molecule has 0 aromatic heterocycles. The van der Waals surface area contributed by atoms with Crippen LogP contribution in [-0.4, -0.2) is 28.1 Å². The third-order valence-corrected chi connectivity index (χ3v) is 2.69. The van der Waals surface area contributed by atoms with Crippen LogP contribution in [0.15, 0.2) is 12.2 Å². The highest BCUT2D eigenvalue weighted by atomic mass is 32.1. The van der Waals surface area contributed by atoms with Gasteiger partial charge in [0, 0.05) is 19.4 Å². The predicted molar refractivity (Wildman–Crippen MR) is 58.0 cm³/mol. The van der Waals surface area contributed by atoms with E-state index >= 15 is 0 Å². The lowest BCUT2D eigenvalue weighted by Crippen LogP contribution is -2.41. The fourth-order valence-corrected chi connectivity index (χ4v) is 1.59. The maximum absolute atomic E-state index is 11.4. The van der Waals surface area contributed by atoms with Crippen molar-refractivity contribution < 1.29 is 9.59 Å². The number of carbonyl (C=O) groups excluding carboxylic acids is 2. The van der Waals surface area contributed by atoms with E-state index in [2.05, 4.69) is 6.58 Å². The number of thiocarbonyl (C=S) groups is 1. The zero-order valence-corrected chi connectivity index (χ0v) is 9.02. The summed E-state index contributed by atoms with van der Waals surface area (Å²) in [6.07, 6.45) is 1.46. The van der Waals surface area contributed by atoms with Crippen molar-refractivity contribution in [1.82, 2.24) is 4.90 Å². The average molecular weight is 211 g/mol. The number of carbonyl (C=O) groups is 2. The normalized spacial score (nSPS) is 17.5. The first kappa shape index (κ1) is 11.0. The lowest BCUT2D eigenvalue weighted by atomic mass is 10.1. The highest BCUT2D eigenvalue weighted by molar-refractivity contribution is 7.80. The molecular formula is C10H13NO2S. The van der Waals surface area contributed by atoms with E-state index in [-0.39, 0.29) is 11.7 Å². The summed E-state index contributed by atoms with van der Waals surface area (Å²) in [7, 11) is 0. The number of rotatable bonds is 3. The van der Waals surface area contributed by atoms with Gasteiger partial charge in [-0.3, -0.25) is 9.59 Å². The molecule has 0 unspecified atom stereocenters. The first-order chi connectivity index (χ1) is 6.52. The third-order valence-electron chi connectivity index (χ3n) is 2.18. The SMILES string of the molecule is C=C1CCC(=O)N(CCC(C)=O)C1=S. The van der Waals surface area contributed by atoms with E-state index in [0.29, 0.717) is 30.8 Å². The topological polar surface area (TPSA) is 37.4 Å². The van der Waals surface area contributed by atoms with Crippen molar-refractivity contribution in [3.05, 3.63) is 12.2 Å². The maximum atomic E-state index is 11.4. The van der Waals surface area contributed by atoms with Crippen LogP contribution in [0.2, 0.25) is 0 Å². The largest absolute Gasteiger partial charge is 0.302 e.